The second-order valence-corrected chi connectivity index (χ2v) is 5.16. The van der Waals surface area contributed by atoms with Gasteiger partial charge in [0.15, 0.2) is 23.5 Å². The summed E-state index contributed by atoms with van der Waals surface area (Å²) in [6.45, 7) is 1.73. The zero-order valence-corrected chi connectivity index (χ0v) is 12.4. The molecule has 0 aliphatic heterocycles. The summed E-state index contributed by atoms with van der Waals surface area (Å²) in [5.74, 6) is 0.543. The first-order valence-corrected chi connectivity index (χ1v) is 6.63. The van der Waals surface area contributed by atoms with Crippen molar-refractivity contribution in [3.63, 3.8) is 0 Å². The maximum absolute atomic E-state index is 13.5. The van der Waals surface area contributed by atoms with Crippen LogP contribution in [0.15, 0.2) is 28.8 Å². The van der Waals surface area contributed by atoms with Crippen LogP contribution in [0.4, 0.5) is 4.39 Å². The quantitative estimate of drug-likeness (QED) is 0.938. The maximum atomic E-state index is 13.5. The minimum absolute atomic E-state index is 0. The molecule has 0 bridgehead atoms. The summed E-state index contributed by atoms with van der Waals surface area (Å²) in [7, 11) is 0. The SMILES string of the molecule is CC(Oc1ccccc1F)c1nc(C2(N)CCC2)no1.Cl. The smallest absolute Gasteiger partial charge is 0.267 e. The van der Waals surface area contributed by atoms with Gasteiger partial charge in [0, 0.05) is 0 Å². The van der Waals surface area contributed by atoms with Gasteiger partial charge in [-0.15, -0.1) is 12.4 Å². The van der Waals surface area contributed by atoms with Crippen LogP contribution in [-0.4, -0.2) is 10.1 Å². The van der Waals surface area contributed by atoms with Crippen LogP contribution in [0.2, 0.25) is 0 Å². The number of rotatable bonds is 4. The minimum atomic E-state index is -0.531. The van der Waals surface area contributed by atoms with E-state index in [2.05, 4.69) is 10.1 Å². The number of benzene rings is 1. The van der Waals surface area contributed by atoms with Gasteiger partial charge >= 0.3 is 0 Å². The number of aromatic nitrogens is 2. The molecule has 114 valence electrons. The number of nitrogens with zero attached hydrogens (tertiary/aromatic N) is 2. The molecule has 0 amide bonds. The molecule has 1 fully saturated rings. The zero-order valence-electron chi connectivity index (χ0n) is 11.6. The molecule has 2 aromatic rings. The first-order valence-electron chi connectivity index (χ1n) is 6.63. The van der Waals surface area contributed by atoms with E-state index in [0.717, 1.165) is 19.3 Å². The molecular weight excluding hydrogens is 297 g/mol. The van der Waals surface area contributed by atoms with Gasteiger partial charge in [0.25, 0.3) is 5.89 Å². The Labute approximate surface area is 128 Å². The van der Waals surface area contributed by atoms with Crippen molar-refractivity contribution in [3.05, 3.63) is 41.8 Å². The average molecular weight is 314 g/mol. The molecule has 0 saturated heterocycles. The molecule has 1 aliphatic rings. The summed E-state index contributed by atoms with van der Waals surface area (Å²) >= 11 is 0. The largest absolute Gasteiger partial charge is 0.478 e. The predicted octanol–water partition coefficient (Wildman–Crippen LogP) is 3.11. The molecule has 3 rings (SSSR count). The third-order valence-electron chi connectivity index (χ3n) is 3.62. The molecule has 1 aromatic carbocycles. The van der Waals surface area contributed by atoms with E-state index < -0.39 is 17.5 Å². The highest BCUT2D eigenvalue weighted by molar-refractivity contribution is 5.85. The first-order chi connectivity index (χ1) is 9.58. The Balaban J connectivity index is 0.00000161. The lowest BCUT2D eigenvalue weighted by Crippen LogP contribution is -2.44. The van der Waals surface area contributed by atoms with Gasteiger partial charge in [0.1, 0.15) is 0 Å². The molecule has 1 unspecified atom stereocenters. The van der Waals surface area contributed by atoms with Crippen molar-refractivity contribution in [3.8, 4) is 5.75 Å². The number of hydrogen-bond donors (Lipinski definition) is 1. The second-order valence-electron chi connectivity index (χ2n) is 5.16. The molecule has 7 heteroatoms. The van der Waals surface area contributed by atoms with Gasteiger partial charge in [-0.1, -0.05) is 17.3 Å². The van der Waals surface area contributed by atoms with Crippen molar-refractivity contribution in [1.82, 2.24) is 10.1 Å². The van der Waals surface area contributed by atoms with E-state index in [1.54, 1.807) is 25.1 Å². The van der Waals surface area contributed by atoms with Crippen molar-refractivity contribution in [2.24, 2.45) is 5.73 Å². The highest BCUT2D eigenvalue weighted by atomic mass is 35.5. The molecule has 1 atom stereocenters. The Morgan fingerprint density at radius 2 is 2.10 bits per heavy atom. The van der Waals surface area contributed by atoms with Crippen molar-refractivity contribution < 1.29 is 13.7 Å². The lowest BCUT2D eigenvalue weighted by Gasteiger charge is -2.34. The summed E-state index contributed by atoms with van der Waals surface area (Å²) < 4.78 is 24.2. The lowest BCUT2D eigenvalue weighted by molar-refractivity contribution is 0.168. The standard InChI is InChI=1S/C14H16FN3O2.ClH/c1-9(19-11-6-3-2-5-10(11)15)12-17-13(18-20-12)14(16)7-4-8-14;/h2-3,5-6,9H,4,7-8,16H2,1H3;1H. The van der Waals surface area contributed by atoms with Gasteiger partial charge < -0.3 is 15.0 Å². The molecule has 0 spiro atoms. The highest BCUT2D eigenvalue weighted by Gasteiger charge is 2.39. The maximum Gasteiger partial charge on any atom is 0.267 e. The lowest BCUT2D eigenvalue weighted by atomic mass is 9.77. The molecule has 1 aliphatic carbocycles. The van der Waals surface area contributed by atoms with Gasteiger partial charge in [0.05, 0.1) is 5.54 Å². The van der Waals surface area contributed by atoms with E-state index in [1.165, 1.54) is 6.07 Å². The van der Waals surface area contributed by atoms with Crippen molar-refractivity contribution in [2.45, 2.75) is 37.8 Å². The van der Waals surface area contributed by atoms with Crippen LogP contribution in [-0.2, 0) is 5.54 Å². The van der Waals surface area contributed by atoms with Gasteiger partial charge in [-0.05, 0) is 38.3 Å². The Morgan fingerprint density at radius 3 is 2.71 bits per heavy atom. The molecule has 21 heavy (non-hydrogen) atoms. The molecule has 1 aromatic heterocycles. The van der Waals surface area contributed by atoms with Crippen LogP contribution >= 0.6 is 12.4 Å². The molecule has 1 saturated carbocycles. The van der Waals surface area contributed by atoms with Crippen LogP contribution in [0, 0.1) is 5.82 Å². The van der Waals surface area contributed by atoms with E-state index in [4.69, 9.17) is 15.0 Å². The van der Waals surface area contributed by atoms with Crippen LogP contribution in [0.25, 0.3) is 0 Å². The minimum Gasteiger partial charge on any atom is -0.478 e. The van der Waals surface area contributed by atoms with Crippen LogP contribution < -0.4 is 10.5 Å². The van der Waals surface area contributed by atoms with Crippen molar-refractivity contribution >= 4 is 12.4 Å². The fourth-order valence-corrected chi connectivity index (χ4v) is 2.17. The van der Waals surface area contributed by atoms with E-state index in [0.29, 0.717) is 11.7 Å². The summed E-state index contributed by atoms with van der Waals surface area (Å²) in [6, 6.07) is 6.20. The topological polar surface area (TPSA) is 74.2 Å². The molecular formula is C14H17ClFN3O2. The Morgan fingerprint density at radius 1 is 1.38 bits per heavy atom. The van der Waals surface area contributed by atoms with Crippen molar-refractivity contribution in [2.75, 3.05) is 0 Å². The summed E-state index contributed by atoms with van der Waals surface area (Å²) in [6.07, 6.45) is 2.25. The number of halogens is 2. The number of para-hydroxylation sites is 1. The molecule has 5 nitrogen and oxygen atoms in total. The fraction of sp³-hybridized carbons (Fsp3) is 0.429. The average Bonchev–Trinajstić information content (AvgIpc) is 2.88. The van der Waals surface area contributed by atoms with Crippen LogP contribution in [0.1, 0.15) is 44.0 Å². The normalized spacial score (nSPS) is 17.5. The molecule has 1 heterocycles. The summed E-state index contributed by atoms with van der Waals surface area (Å²) in [4.78, 5) is 4.28. The number of nitrogens with two attached hydrogens (primary N) is 1. The van der Waals surface area contributed by atoms with Gasteiger partial charge in [-0.3, -0.25) is 0 Å². The van der Waals surface area contributed by atoms with Gasteiger partial charge in [-0.25, -0.2) is 4.39 Å². The molecule has 2 N–H and O–H groups in total. The second kappa shape index (κ2) is 5.99. The zero-order chi connectivity index (χ0) is 14.2. The fourth-order valence-electron chi connectivity index (χ4n) is 2.17. The van der Waals surface area contributed by atoms with E-state index >= 15 is 0 Å². The van der Waals surface area contributed by atoms with E-state index in [1.807, 2.05) is 0 Å². The van der Waals surface area contributed by atoms with E-state index in [9.17, 15) is 4.39 Å². The van der Waals surface area contributed by atoms with Crippen LogP contribution in [0.3, 0.4) is 0 Å². The first kappa shape index (κ1) is 15.7. The number of hydrogen-bond acceptors (Lipinski definition) is 5. The molecule has 0 radical (unpaired) electrons. The predicted molar refractivity (Wildman–Crippen MR) is 76.7 cm³/mol. The Bertz CT molecular complexity index is 616. The summed E-state index contributed by atoms with van der Waals surface area (Å²) in [5.41, 5.74) is 5.66. The monoisotopic (exact) mass is 313 g/mol. The van der Waals surface area contributed by atoms with E-state index in [-0.39, 0.29) is 18.2 Å². The third-order valence-corrected chi connectivity index (χ3v) is 3.62. The Hall–Kier alpha value is -1.66. The highest BCUT2D eigenvalue weighted by Crippen LogP contribution is 2.37. The number of ether oxygens (including phenoxy) is 1. The van der Waals surface area contributed by atoms with Crippen molar-refractivity contribution in [1.29, 1.82) is 0 Å². The van der Waals surface area contributed by atoms with Gasteiger partial charge in [-0.2, -0.15) is 4.98 Å². The van der Waals surface area contributed by atoms with Gasteiger partial charge in [0.2, 0.25) is 0 Å². The summed E-state index contributed by atoms with van der Waals surface area (Å²) in [5, 5.41) is 3.91. The third kappa shape index (κ3) is 3.01. The Kier molecular flexibility index (Phi) is 4.49. The van der Waals surface area contributed by atoms with Crippen LogP contribution in [0.5, 0.6) is 5.75 Å².